The van der Waals surface area contributed by atoms with Gasteiger partial charge in [-0.2, -0.15) is 9.76 Å². The van der Waals surface area contributed by atoms with E-state index >= 15 is 0 Å². The zero-order chi connectivity index (χ0) is 12.8. The van der Waals surface area contributed by atoms with E-state index < -0.39 is 23.1 Å². The number of hydroxylamine groups is 1. The molecule has 2 unspecified atom stereocenters. The molecule has 1 aromatic rings. The maximum atomic E-state index is 11.6. The van der Waals surface area contributed by atoms with Crippen molar-refractivity contribution in [1.82, 2.24) is 5.48 Å². The summed E-state index contributed by atoms with van der Waals surface area (Å²) >= 11 is -1.76. The van der Waals surface area contributed by atoms with Crippen molar-refractivity contribution < 1.29 is 23.1 Å². The minimum atomic E-state index is -1.76. The van der Waals surface area contributed by atoms with Gasteiger partial charge in [-0.05, 0) is 31.2 Å². The largest absolute Gasteiger partial charge is 0.497 e. The predicted octanol–water partition coefficient (Wildman–Crippen LogP) is 0.712. The van der Waals surface area contributed by atoms with Gasteiger partial charge in [-0.1, -0.05) is 0 Å². The number of carboxylic acid groups (broad SMARTS) is 1. The van der Waals surface area contributed by atoms with Gasteiger partial charge < -0.3 is 9.84 Å². The summed E-state index contributed by atoms with van der Waals surface area (Å²) in [4.78, 5) is 10.9. The molecule has 0 aliphatic rings. The minimum Gasteiger partial charge on any atom is -0.497 e. The SMILES string of the molecule is COc1ccc(S(=O)ONC(C)C(=O)O)cc1. The highest BCUT2D eigenvalue weighted by atomic mass is 32.2. The molecule has 0 aliphatic heterocycles. The molecule has 17 heavy (non-hydrogen) atoms. The maximum absolute atomic E-state index is 11.6. The Hall–Kier alpha value is -1.44. The van der Waals surface area contributed by atoms with Crippen molar-refractivity contribution >= 4 is 17.0 Å². The molecule has 0 amide bonds. The lowest BCUT2D eigenvalue weighted by Crippen LogP contribution is -2.34. The first-order chi connectivity index (χ1) is 8.04. The Labute approximate surface area is 101 Å². The standard InChI is InChI=1S/C10H13NO5S/c1-7(10(12)13)11-16-17(14)9-5-3-8(15-2)4-6-9/h3-7,11H,1-2H3,(H,12,13). The Kier molecular flexibility index (Phi) is 5.08. The highest BCUT2D eigenvalue weighted by molar-refractivity contribution is 7.80. The van der Waals surface area contributed by atoms with E-state index in [0.29, 0.717) is 10.6 Å². The van der Waals surface area contributed by atoms with Crippen LogP contribution < -0.4 is 10.2 Å². The van der Waals surface area contributed by atoms with Crippen LogP contribution in [0.2, 0.25) is 0 Å². The Balaban J connectivity index is 2.55. The third-order valence-corrected chi connectivity index (χ3v) is 2.83. The van der Waals surface area contributed by atoms with Gasteiger partial charge in [0.1, 0.15) is 11.8 Å². The lowest BCUT2D eigenvalue weighted by atomic mass is 10.3. The van der Waals surface area contributed by atoms with Gasteiger partial charge >= 0.3 is 5.97 Å². The molecule has 0 radical (unpaired) electrons. The van der Waals surface area contributed by atoms with E-state index in [-0.39, 0.29) is 0 Å². The number of methoxy groups -OCH3 is 1. The van der Waals surface area contributed by atoms with E-state index in [1.807, 2.05) is 0 Å². The molecule has 1 aromatic carbocycles. The summed E-state index contributed by atoms with van der Waals surface area (Å²) < 4.78 is 21.2. The van der Waals surface area contributed by atoms with Crippen LogP contribution in [0.15, 0.2) is 29.2 Å². The number of benzene rings is 1. The van der Waals surface area contributed by atoms with Crippen molar-refractivity contribution in [3.8, 4) is 5.75 Å². The van der Waals surface area contributed by atoms with Gasteiger partial charge in [-0.25, -0.2) is 4.21 Å². The van der Waals surface area contributed by atoms with Gasteiger partial charge in [0.15, 0.2) is 0 Å². The van der Waals surface area contributed by atoms with Gasteiger partial charge in [0.2, 0.25) is 11.1 Å². The van der Waals surface area contributed by atoms with Crippen molar-refractivity contribution in [2.24, 2.45) is 0 Å². The van der Waals surface area contributed by atoms with Crippen LogP contribution in [0.5, 0.6) is 5.75 Å². The summed E-state index contributed by atoms with van der Waals surface area (Å²) in [5.41, 5.74) is 2.18. The number of rotatable bonds is 6. The molecule has 7 heteroatoms. The van der Waals surface area contributed by atoms with E-state index in [0.717, 1.165) is 0 Å². The predicted molar refractivity (Wildman–Crippen MR) is 60.7 cm³/mol. The van der Waals surface area contributed by atoms with E-state index in [1.165, 1.54) is 14.0 Å². The van der Waals surface area contributed by atoms with Crippen LogP contribution in [-0.4, -0.2) is 28.4 Å². The van der Waals surface area contributed by atoms with Gasteiger partial charge in [-0.3, -0.25) is 4.79 Å². The summed E-state index contributed by atoms with van der Waals surface area (Å²) in [6.07, 6.45) is 0. The van der Waals surface area contributed by atoms with Gasteiger partial charge in [-0.15, -0.1) is 0 Å². The zero-order valence-electron chi connectivity index (χ0n) is 9.38. The van der Waals surface area contributed by atoms with Gasteiger partial charge in [0.05, 0.1) is 12.0 Å². The summed E-state index contributed by atoms with van der Waals surface area (Å²) in [6.45, 7) is 1.38. The first-order valence-corrected chi connectivity index (χ1v) is 5.83. The number of carboxylic acids is 1. The first kappa shape index (κ1) is 13.6. The van der Waals surface area contributed by atoms with Crippen LogP contribution in [0.3, 0.4) is 0 Å². The second kappa shape index (κ2) is 6.33. The minimum absolute atomic E-state index is 0.413. The highest BCUT2D eigenvalue weighted by Gasteiger charge is 2.13. The van der Waals surface area contributed by atoms with Crippen LogP contribution in [0.25, 0.3) is 0 Å². The fourth-order valence-electron chi connectivity index (χ4n) is 0.901. The maximum Gasteiger partial charge on any atom is 0.322 e. The number of carbonyl (C=O) groups is 1. The smallest absolute Gasteiger partial charge is 0.322 e. The number of ether oxygens (including phenoxy) is 1. The molecule has 6 nitrogen and oxygen atoms in total. The molecule has 0 saturated carbocycles. The van der Waals surface area contributed by atoms with Crippen LogP contribution in [0, 0.1) is 0 Å². The molecule has 0 aliphatic carbocycles. The number of nitrogens with one attached hydrogen (secondary N) is 1. The monoisotopic (exact) mass is 259 g/mol. The van der Waals surface area contributed by atoms with E-state index in [9.17, 15) is 9.00 Å². The Bertz CT molecular complexity index is 406. The average Bonchev–Trinajstić information content (AvgIpc) is 2.35. The molecular weight excluding hydrogens is 246 g/mol. The quantitative estimate of drug-likeness (QED) is 0.732. The number of aliphatic carboxylic acids is 1. The Morgan fingerprint density at radius 2 is 2.00 bits per heavy atom. The highest BCUT2D eigenvalue weighted by Crippen LogP contribution is 2.14. The third-order valence-electron chi connectivity index (χ3n) is 1.92. The van der Waals surface area contributed by atoms with E-state index in [4.69, 9.17) is 14.1 Å². The second-order valence-corrected chi connectivity index (χ2v) is 4.28. The Morgan fingerprint density at radius 1 is 1.41 bits per heavy atom. The van der Waals surface area contributed by atoms with Gasteiger partial charge in [0.25, 0.3) is 0 Å². The molecular formula is C10H13NO5S. The molecule has 0 saturated heterocycles. The fourth-order valence-corrected chi connectivity index (χ4v) is 1.59. The molecule has 0 heterocycles. The summed E-state index contributed by atoms with van der Waals surface area (Å²) in [5, 5.41) is 8.58. The summed E-state index contributed by atoms with van der Waals surface area (Å²) in [5.74, 6) is -0.450. The molecule has 1 rings (SSSR count). The second-order valence-electron chi connectivity index (χ2n) is 3.17. The van der Waals surface area contributed by atoms with Crippen molar-refractivity contribution in [3.63, 3.8) is 0 Å². The van der Waals surface area contributed by atoms with Crippen molar-refractivity contribution in [2.45, 2.75) is 17.9 Å². The normalized spacial score (nSPS) is 14.0. The summed E-state index contributed by atoms with van der Waals surface area (Å²) in [6, 6.07) is 5.48. The molecule has 94 valence electrons. The van der Waals surface area contributed by atoms with Crippen LogP contribution >= 0.6 is 0 Å². The van der Waals surface area contributed by atoms with Crippen LogP contribution in [0.4, 0.5) is 0 Å². The molecule has 2 atom stereocenters. The fraction of sp³-hybridized carbons (Fsp3) is 0.300. The average molecular weight is 259 g/mol. The van der Waals surface area contributed by atoms with Crippen molar-refractivity contribution in [3.05, 3.63) is 24.3 Å². The van der Waals surface area contributed by atoms with Crippen molar-refractivity contribution in [2.75, 3.05) is 7.11 Å². The molecule has 0 spiro atoms. The van der Waals surface area contributed by atoms with E-state index in [2.05, 4.69) is 5.48 Å². The third kappa shape index (κ3) is 4.14. The topological polar surface area (TPSA) is 84.9 Å². The first-order valence-electron chi connectivity index (χ1n) is 4.76. The van der Waals surface area contributed by atoms with Crippen LogP contribution in [-0.2, 0) is 20.2 Å². The zero-order valence-corrected chi connectivity index (χ0v) is 10.2. The van der Waals surface area contributed by atoms with Crippen LogP contribution in [0.1, 0.15) is 6.92 Å². The Morgan fingerprint density at radius 3 is 2.47 bits per heavy atom. The van der Waals surface area contributed by atoms with Gasteiger partial charge in [0, 0.05) is 0 Å². The molecule has 0 aromatic heterocycles. The van der Waals surface area contributed by atoms with E-state index in [1.54, 1.807) is 24.3 Å². The molecule has 0 fully saturated rings. The number of hydrogen-bond donors (Lipinski definition) is 2. The molecule has 2 N–H and O–H groups in total. The molecule has 0 bridgehead atoms. The number of hydrogen-bond acceptors (Lipinski definition) is 5. The lowest BCUT2D eigenvalue weighted by Gasteiger charge is -2.08. The van der Waals surface area contributed by atoms with Crippen molar-refractivity contribution in [1.29, 1.82) is 0 Å². The lowest BCUT2D eigenvalue weighted by molar-refractivity contribution is -0.140. The summed E-state index contributed by atoms with van der Waals surface area (Å²) in [7, 11) is 1.53.